The molecule has 2 rings (SSSR count). The van der Waals surface area contributed by atoms with Crippen LogP contribution in [0.2, 0.25) is 0 Å². The largest absolute Gasteiger partial charge is 0.396 e. The number of halogens is 1. The summed E-state index contributed by atoms with van der Waals surface area (Å²) >= 11 is 4.95. The van der Waals surface area contributed by atoms with E-state index in [2.05, 4.69) is 21.2 Å². The lowest BCUT2D eigenvalue weighted by Crippen LogP contribution is -2.30. The summed E-state index contributed by atoms with van der Waals surface area (Å²) in [6, 6.07) is 3.90. The molecule has 1 amide bonds. The van der Waals surface area contributed by atoms with E-state index in [1.165, 1.54) is 6.08 Å². The van der Waals surface area contributed by atoms with Gasteiger partial charge >= 0.3 is 0 Å². The Morgan fingerprint density at radius 1 is 1.59 bits per heavy atom. The number of nitrogens with one attached hydrogen (secondary N) is 1. The quantitative estimate of drug-likeness (QED) is 0.820. The van der Waals surface area contributed by atoms with E-state index in [1.54, 1.807) is 17.4 Å². The van der Waals surface area contributed by atoms with Crippen LogP contribution in [0.5, 0.6) is 0 Å². The van der Waals surface area contributed by atoms with Gasteiger partial charge in [0.15, 0.2) is 0 Å². The molecule has 0 atom stereocenters. The molecule has 0 saturated heterocycles. The van der Waals surface area contributed by atoms with Crippen LogP contribution in [0.4, 0.5) is 0 Å². The Labute approximate surface area is 113 Å². The molecule has 3 nitrogen and oxygen atoms in total. The minimum Gasteiger partial charge on any atom is -0.396 e. The van der Waals surface area contributed by atoms with Crippen LogP contribution in [-0.4, -0.2) is 24.2 Å². The lowest BCUT2D eigenvalue weighted by Gasteiger charge is -2.10. The van der Waals surface area contributed by atoms with Gasteiger partial charge in [-0.1, -0.05) is 0 Å². The Bertz CT molecular complexity index is 437. The molecule has 0 radical (unpaired) electrons. The second-order valence-corrected chi connectivity index (χ2v) is 6.85. The van der Waals surface area contributed by atoms with Crippen molar-refractivity contribution in [1.82, 2.24) is 5.32 Å². The van der Waals surface area contributed by atoms with Gasteiger partial charge in [0, 0.05) is 22.9 Å². The number of aliphatic hydroxyl groups excluding tert-OH is 1. The number of carbonyl (C=O) groups excluding carboxylic acids is 1. The van der Waals surface area contributed by atoms with E-state index >= 15 is 0 Å². The van der Waals surface area contributed by atoms with Crippen LogP contribution >= 0.6 is 27.3 Å². The van der Waals surface area contributed by atoms with E-state index in [0.717, 1.165) is 21.5 Å². The number of hydrogen-bond acceptors (Lipinski definition) is 3. The Morgan fingerprint density at radius 3 is 2.88 bits per heavy atom. The maximum atomic E-state index is 11.5. The molecule has 1 aromatic rings. The zero-order valence-corrected chi connectivity index (χ0v) is 11.7. The summed E-state index contributed by atoms with van der Waals surface area (Å²) in [7, 11) is 0. The fourth-order valence-corrected chi connectivity index (χ4v) is 2.80. The van der Waals surface area contributed by atoms with Crippen molar-refractivity contribution < 1.29 is 9.90 Å². The Balaban J connectivity index is 1.79. The Morgan fingerprint density at radius 2 is 2.35 bits per heavy atom. The minimum absolute atomic E-state index is 0.0323. The number of hydrogen-bond donors (Lipinski definition) is 2. The van der Waals surface area contributed by atoms with Gasteiger partial charge in [0.1, 0.15) is 0 Å². The minimum atomic E-state index is -0.103. The number of thiophene rings is 1. The van der Waals surface area contributed by atoms with Crippen molar-refractivity contribution >= 4 is 39.2 Å². The lowest BCUT2D eigenvalue weighted by atomic mass is 10.1. The first-order valence-corrected chi connectivity index (χ1v) is 7.07. The molecule has 1 aliphatic carbocycles. The van der Waals surface area contributed by atoms with Crippen molar-refractivity contribution in [2.24, 2.45) is 5.41 Å². The number of aliphatic hydroxyl groups is 1. The van der Waals surface area contributed by atoms with E-state index in [0.29, 0.717) is 6.54 Å². The molecule has 0 spiro atoms. The Hall–Kier alpha value is -0.650. The van der Waals surface area contributed by atoms with Crippen LogP contribution in [-0.2, 0) is 4.79 Å². The predicted octanol–water partition coefficient (Wildman–Crippen LogP) is 2.41. The molecule has 1 heterocycles. The van der Waals surface area contributed by atoms with Crippen LogP contribution < -0.4 is 5.32 Å². The molecule has 1 aliphatic rings. The summed E-state index contributed by atoms with van der Waals surface area (Å²) in [4.78, 5) is 12.6. The van der Waals surface area contributed by atoms with Gasteiger partial charge < -0.3 is 10.4 Å². The van der Waals surface area contributed by atoms with Crippen molar-refractivity contribution in [3.8, 4) is 0 Å². The molecule has 0 aliphatic heterocycles. The van der Waals surface area contributed by atoms with Crippen LogP contribution in [0.3, 0.4) is 0 Å². The average Bonchev–Trinajstić information content (AvgIpc) is 3.00. The van der Waals surface area contributed by atoms with Gasteiger partial charge in [-0.15, -0.1) is 11.3 Å². The number of amides is 1. The van der Waals surface area contributed by atoms with Gasteiger partial charge in [-0.2, -0.15) is 0 Å². The molecule has 1 saturated carbocycles. The fraction of sp³-hybridized carbons (Fsp3) is 0.417. The van der Waals surface area contributed by atoms with Gasteiger partial charge in [0.05, 0.1) is 10.4 Å². The molecule has 2 N–H and O–H groups in total. The number of rotatable bonds is 5. The van der Waals surface area contributed by atoms with E-state index < -0.39 is 0 Å². The van der Waals surface area contributed by atoms with E-state index in [4.69, 9.17) is 5.11 Å². The third-order valence-electron chi connectivity index (χ3n) is 2.92. The average molecular weight is 316 g/mol. The summed E-state index contributed by atoms with van der Waals surface area (Å²) in [6.07, 6.45) is 5.34. The lowest BCUT2D eigenvalue weighted by molar-refractivity contribution is -0.116. The number of carbonyl (C=O) groups is 1. The first-order valence-electron chi connectivity index (χ1n) is 5.46. The van der Waals surface area contributed by atoms with Gasteiger partial charge in [-0.05, 0) is 47.0 Å². The second kappa shape index (κ2) is 5.33. The van der Waals surface area contributed by atoms with Crippen molar-refractivity contribution in [2.45, 2.75) is 12.8 Å². The van der Waals surface area contributed by atoms with Crippen LogP contribution in [0.25, 0.3) is 6.08 Å². The van der Waals surface area contributed by atoms with Gasteiger partial charge in [-0.3, -0.25) is 4.79 Å². The normalized spacial score (nSPS) is 17.3. The topological polar surface area (TPSA) is 49.3 Å². The zero-order chi connectivity index (χ0) is 12.3. The molecule has 5 heteroatoms. The fourth-order valence-electron chi connectivity index (χ4n) is 1.48. The smallest absolute Gasteiger partial charge is 0.244 e. The van der Waals surface area contributed by atoms with Crippen molar-refractivity contribution in [3.63, 3.8) is 0 Å². The van der Waals surface area contributed by atoms with Crippen LogP contribution in [0.15, 0.2) is 22.0 Å². The summed E-state index contributed by atoms with van der Waals surface area (Å²) in [5, 5.41) is 11.9. The van der Waals surface area contributed by atoms with E-state index in [1.807, 2.05) is 12.1 Å². The third kappa shape index (κ3) is 3.66. The first kappa shape index (κ1) is 12.8. The molecule has 17 heavy (non-hydrogen) atoms. The van der Waals surface area contributed by atoms with Gasteiger partial charge in [0.2, 0.25) is 5.91 Å². The summed E-state index contributed by atoms with van der Waals surface area (Å²) in [5.41, 5.74) is -0.0323. The predicted molar refractivity (Wildman–Crippen MR) is 72.8 cm³/mol. The highest BCUT2D eigenvalue weighted by molar-refractivity contribution is 9.11. The molecular weight excluding hydrogens is 302 g/mol. The SMILES string of the molecule is O=C(/C=C/c1ccc(Br)s1)NCC1(CO)CC1. The molecule has 0 unspecified atom stereocenters. The maximum Gasteiger partial charge on any atom is 0.244 e. The summed E-state index contributed by atoms with van der Waals surface area (Å²) < 4.78 is 1.05. The van der Waals surface area contributed by atoms with Crippen molar-refractivity contribution in [2.75, 3.05) is 13.2 Å². The van der Waals surface area contributed by atoms with E-state index in [-0.39, 0.29) is 17.9 Å². The first-order chi connectivity index (χ1) is 8.13. The molecule has 92 valence electrons. The van der Waals surface area contributed by atoms with Gasteiger partial charge in [-0.25, -0.2) is 0 Å². The second-order valence-electron chi connectivity index (χ2n) is 4.35. The van der Waals surface area contributed by atoms with E-state index in [9.17, 15) is 4.79 Å². The highest BCUT2D eigenvalue weighted by Crippen LogP contribution is 2.44. The van der Waals surface area contributed by atoms with Gasteiger partial charge in [0.25, 0.3) is 0 Å². The summed E-state index contributed by atoms with van der Waals surface area (Å²) in [6.45, 7) is 0.732. The molecular formula is C12H14BrNO2S. The van der Waals surface area contributed by atoms with Crippen LogP contribution in [0.1, 0.15) is 17.7 Å². The molecule has 1 aromatic heterocycles. The zero-order valence-electron chi connectivity index (χ0n) is 9.28. The molecule has 1 fully saturated rings. The maximum absolute atomic E-state index is 11.5. The summed E-state index contributed by atoms with van der Waals surface area (Å²) in [5.74, 6) is -0.103. The highest BCUT2D eigenvalue weighted by atomic mass is 79.9. The Kier molecular flexibility index (Phi) is 4.01. The standard InChI is InChI=1S/C12H14BrNO2S/c13-10-3-1-9(17-10)2-4-11(16)14-7-12(8-15)5-6-12/h1-4,15H,5-8H2,(H,14,16)/b4-2+. The van der Waals surface area contributed by atoms with Crippen molar-refractivity contribution in [3.05, 3.63) is 26.9 Å². The van der Waals surface area contributed by atoms with Crippen molar-refractivity contribution in [1.29, 1.82) is 0 Å². The third-order valence-corrected chi connectivity index (χ3v) is 4.51. The molecule has 0 aromatic carbocycles. The monoisotopic (exact) mass is 315 g/mol. The molecule has 0 bridgehead atoms. The highest BCUT2D eigenvalue weighted by Gasteiger charge is 2.41. The van der Waals surface area contributed by atoms with Crippen LogP contribution in [0, 0.1) is 5.41 Å².